The van der Waals surface area contributed by atoms with E-state index in [2.05, 4.69) is 30.1 Å². The van der Waals surface area contributed by atoms with Crippen LogP contribution in [-0.4, -0.2) is 59.7 Å². The van der Waals surface area contributed by atoms with Gasteiger partial charge in [-0.1, -0.05) is 0 Å². The van der Waals surface area contributed by atoms with E-state index in [9.17, 15) is 13.2 Å². The van der Waals surface area contributed by atoms with E-state index in [1.165, 1.54) is 32.8 Å². The molecule has 1 aliphatic rings. The van der Waals surface area contributed by atoms with Gasteiger partial charge < -0.3 is 9.47 Å². The quantitative estimate of drug-likeness (QED) is 0.314. The van der Waals surface area contributed by atoms with Gasteiger partial charge in [0, 0.05) is 41.7 Å². The van der Waals surface area contributed by atoms with Crippen LogP contribution in [0.1, 0.15) is 29.5 Å². The smallest absolute Gasteiger partial charge is 0.408 e. The number of aromatic nitrogens is 8. The predicted octanol–water partition coefficient (Wildman–Crippen LogP) is 3.92. The molecule has 1 saturated carbocycles. The molecule has 5 aromatic heterocycles. The maximum absolute atomic E-state index is 15.5. The third-order valence-electron chi connectivity index (χ3n) is 6.28. The van der Waals surface area contributed by atoms with Crippen molar-refractivity contribution in [1.82, 2.24) is 39.3 Å². The van der Waals surface area contributed by atoms with Crippen LogP contribution in [0.2, 0.25) is 0 Å². The number of methoxy groups -OCH3 is 2. The van der Waals surface area contributed by atoms with Gasteiger partial charge in [0.15, 0.2) is 11.5 Å². The van der Waals surface area contributed by atoms with Crippen LogP contribution in [0.5, 0.6) is 11.9 Å². The van der Waals surface area contributed by atoms with Gasteiger partial charge in [-0.15, -0.1) is 0 Å². The number of alkyl halides is 3. The summed E-state index contributed by atoms with van der Waals surface area (Å²) in [5, 5.41) is 8.50. The van der Waals surface area contributed by atoms with E-state index in [1.807, 2.05) is 6.07 Å². The number of rotatable bonds is 6. The molecule has 5 heterocycles. The molecule has 0 amide bonds. The van der Waals surface area contributed by atoms with Gasteiger partial charge in [0.2, 0.25) is 5.88 Å². The highest BCUT2D eigenvalue weighted by molar-refractivity contribution is 5.79. The van der Waals surface area contributed by atoms with Gasteiger partial charge in [-0.2, -0.15) is 28.4 Å². The molecule has 1 fully saturated rings. The fourth-order valence-corrected chi connectivity index (χ4v) is 4.57. The fraction of sp³-hybridized carbons (Fsp3) is 0.304. The molecular formula is C23H18F4N8O2. The predicted molar refractivity (Wildman–Crippen MR) is 121 cm³/mol. The van der Waals surface area contributed by atoms with E-state index in [1.54, 1.807) is 16.9 Å². The van der Waals surface area contributed by atoms with Crippen molar-refractivity contribution in [1.29, 1.82) is 0 Å². The van der Waals surface area contributed by atoms with Crippen molar-refractivity contribution in [3.63, 3.8) is 0 Å². The van der Waals surface area contributed by atoms with Gasteiger partial charge in [-0.05, 0) is 18.4 Å². The summed E-state index contributed by atoms with van der Waals surface area (Å²) in [6, 6.07) is 1.94. The van der Waals surface area contributed by atoms with Gasteiger partial charge in [-0.25, -0.2) is 18.9 Å². The van der Waals surface area contributed by atoms with Gasteiger partial charge in [0.25, 0.3) is 0 Å². The monoisotopic (exact) mass is 514 g/mol. The minimum Gasteiger partial charge on any atom is -0.480 e. The molecule has 0 radical (unpaired) electrons. The highest BCUT2D eigenvalue weighted by Crippen LogP contribution is 2.56. The number of fused-ring (bicyclic) bond motifs is 2. The van der Waals surface area contributed by atoms with Crippen LogP contribution in [0.15, 0.2) is 37.1 Å². The summed E-state index contributed by atoms with van der Waals surface area (Å²) >= 11 is 0. The lowest BCUT2D eigenvalue weighted by atomic mass is 10.1. The Labute approximate surface area is 205 Å². The SMILES string of the molecule is COc1ncc(-c2cc(C3C[C@@H]3c3ncc4cnn(CC(F)(F)F)c4c3F)c3nccn3n2)c(OC)n1. The van der Waals surface area contributed by atoms with Crippen LogP contribution in [-0.2, 0) is 6.54 Å². The maximum atomic E-state index is 15.5. The Hall–Kier alpha value is -4.36. The van der Waals surface area contributed by atoms with E-state index < -0.39 is 18.5 Å². The second kappa shape index (κ2) is 8.35. The van der Waals surface area contributed by atoms with Crippen molar-refractivity contribution in [2.75, 3.05) is 14.2 Å². The van der Waals surface area contributed by atoms with Gasteiger partial charge >= 0.3 is 12.2 Å². The molecule has 0 saturated heterocycles. The molecule has 0 N–H and O–H groups in total. The topological polar surface area (TPSA) is 105 Å². The number of hydrogen-bond donors (Lipinski definition) is 0. The molecule has 190 valence electrons. The lowest BCUT2D eigenvalue weighted by molar-refractivity contribution is -0.141. The van der Waals surface area contributed by atoms with Crippen LogP contribution in [0.3, 0.4) is 0 Å². The zero-order chi connectivity index (χ0) is 25.9. The summed E-state index contributed by atoms with van der Waals surface area (Å²) < 4.78 is 67.2. The van der Waals surface area contributed by atoms with Crippen LogP contribution < -0.4 is 9.47 Å². The normalized spacial score (nSPS) is 17.5. The number of nitrogens with zero attached hydrogens (tertiary/aromatic N) is 8. The summed E-state index contributed by atoms with van der Waals surface area (Å²) in [6.07, 6.45) is 3.33. The minimum absolute atomic E-state index is 0.0925. The molecule has 1 unspecified atom stereocenters. The number of hydrogen-bond acceptors (Lipinski definition) is 8. The molecule has 0 spiro atoms. The first-order valence-electron chi connectivity index (χ1n) is 11.1. The Morgan fingerprint density at radius 1 is 1.05 bits per heavy atom. The molecule has 14 heteroatoms. The van der Waals surface area contributed by atoms with Crippen LogP contribution >= 0.6 is 0 Å². The Balaban J connectivity index is 1.40. The van der Waals surface area contributed by atoms with Crippen LogP contribution in [0.4, 0.5) is 17.6 Å². The Morgan fingerprint density at radius 2 is 1.89 bits per heavy atom. The highest BCUT2D eigenvalue weighted by Gasteiger charge is 2.44. The van der Waals surface area contributed by atoms with Gasteiger partial charge in [-0.3, -0.25) is 9.67 Å². The lowest BCUT2D eigenvalue weighted by Crippen LogP contribution is -2.19. The lowest BCUT2D eigenvalue weighted by Gasteiger charge is -2.11. The molecule has 5 aromatic rings. The summed E-state index contributed by atoms with van der Waals surface area (Å²) in [5.41, 5.74) is 2.25. The van der Waals surface area contributed by atoms with Crippen molar-refractivity contribution in [2.45, 2.75) is 31.0 Å². The van der Waals surface area contributed by atoms with Crippen molar-refractivity contribution < 1.29 is 27.0 Å². The van der Waals surface area contributed by atoms with Crippen molar-refractivity contribution in [2.24, 2.45) is 0 Å². The van der Waals surface area contributed by atoms with Crippen LogP contribution in [0.25, 0.3) is 27.8 Å². The highest BCUT2D eigenvalue weighted by atomic mass is 19.4. The number of pyridine rings is 1. The van der Waals surface area contributed by atoms with Crippen molar-refractivity contribution in [3.05, 3.63) is 54.1 Å². The largest absolute Gasteiger partial charge is 0.480 e. The van der Waals surface area contributed by atoms with Gasteiger partial charge in [0.1, 0.15) is 12.1 Å². The average molecular weight is 514 g/mol. The first-order chi connectivity index (χ1) is 17.8. The standard InChI is InChI=1S/C23H18F4N8O2/c1-36-21-15(9-30-22(32-21)37-2)16-6-14(20-28-3-4-34(20)33-16)12-5-13(12)18-17(24)19-11(7-29-18)8-31-35(19)10-23(25,26)27/h3-4,6-9,12-13H,5,10H2,1-2H3/t12?,13-/m0/s1. The van der Waals surface area contributed by atoms with E-state index >= 15 is 4.39 Å². The fourth-order valence-electron chi connectivity index (χ4n) is 4.57. The zero-order valence-corrected chi connectivity index (χ0v) is 19.4. The van der Waals surface area contributed by atoms with E-state index in [0.29, 0.717) is 28.0 Å². The number of halogens is 4. The molecule has 0 aliphatic heterocycles. The molecule has 2 atom stereocenters. The second-order valence-corrected chi connectivity index (χ2v) is 8.59. The van der Waals surface area contributed by atoms with Gasteiger partial charge in [0.05, 0.1) is 37.4 Å². The summed E-state index contributed by atoms with van der Waals surface area (Å²) in [7, 11) is 2.91. The minimum atomic E-state index is -4.54. The Morgan fingerprint density at radius 3 is 2.65 bits per heavy atom. The van der Waals surface area contributed by atoms with E-state index in [4.69, 9.17) is 9.47 Å². The number of ether oxygens (including phenoxy) is 2. The molecule has 0 aromatic carbocycles. The molecule has 0 bridgehead atoms. The van der Waals surface area contributed by atoms with Crippen LogP contribution in [0, 0.1) is 5.82 Å². The summed E-state index contributed by atoms with van der Waals surface area (Å²) in [5.74, 6) is -1.09. The van der Waals surface area contributed by atoms with Crippen molar-refractivity contribution >= 4 is 16.6 Å². The molecular weight excluding hydrogens is 496 g/mol. The van der Waals surface area contributed by atoms with E-state index in [0.717, 1.165) is 5.56 Å². The number of imidazole rings is 1. The second-order valence-electron chi connectivity index (χ2n) is 8.59. The van der Waals surface area contributed by atoms with Crippen molar-refractivity contribution in [3.8, 4) is 23.1 Å². The summed E-state index contributed by atoms with van der Waals surface area (Å²) in [4.78, 5) is 17.0. The molecule has 37 heavy (non-hydrogen) atoms. The Kier molecular flexibility index (Phi) is 5.21. The third kappa shape index (κ3) is 3.97. The summed E-state index contributed by atoms with van der Waals surface area (Å²) in [6.45, 7) is -1.39. The zero-order valence-electron chi connectivity index (χ0n) is 19.4. The maximum Gasteiger partial charge on any atom is 0.408 e. The first-order valence-corrected chi connectivity index (χ1v) is 11.1. The third-order valence-corrected chi connectivity index (χ3v) is 6.28. The average Bonchev–Trinajstić information content (AvgIpc) is 3.31. The first kappa shape index (κ1) is 23.1. The molecule has 6 rings (SSSR count). The molecule has 10 nitrogen and oxygen atoms in total. The molecule has 1 aliphatic carbocycles. The van der Waals surface area contributed by atoms with E-state index in [-0.39, 0.29) is 40.3 Å². The Bertz CT molecular complexity index is 1650.